The van der Waals surface area contributed by atoms with Crippen molar-refractivity contribution >= 4 is 0 Å². The Bertz CT molecular complexity index is 609. The van der Waals surface area contributed by atoms with Crippen LogP contribution in [0.5, 0.6) is 0 Å². The van der Waals surface area contributed by atoms with Crippen LogP contribution in [0.2, 0.25) is 0 Å². The molecule has 2 aromatic rings. The highest BCUT2D eigenvalue weighted by molar-refractivity contribution is 5.31. The Morgan fingerprint density at radius 2 is 2.09 bits per heavy atom. The standard InChI is InChI=1S/C17H22FN3O/c1-13(22)14-3-2-9-20(11-14)12-16-8-10-21(19-16)17-6-4-15(18)5-7-17/h4-8,10,13-14,22H,2-3,9,11-12H2,1H3. The van der Waals surface area contributed by atoms with E-state index in [0.29, 0.717) is 5.92 Å². The number of aromatic nitrogens is 2. The smallest absolute Gasteiger partial charge is 0.123 e. The molecule has 4 nitrogen and oxygen atoms in total. The van der Waals surface area contributed by atoms with E-state index in [0.717, 1.165) is 43.9 Å². The summed E-state index contributed by atoms with van der Waals surface area (Å²) in [5.41, 5.74) is 1.85. The number of halogens is 1. The van der Waals surface area contributed by atoms with Crippen molar-refractivity contribution in [1.29, 1.82) is 0 Å². The summed E-state index contributed by atoms with van der Waals surface area (Å²) in [7, 11) is 0. The zero-order valence-electron chi connectivity index (χ0n) is 12.8. The topological polar surface area (TPSA) is 41.3 Å². The first-order valence-corrected chi connectivity index (χ1v) is 7.83. The summed E-state index contributed by atoms with van der Waals surface area (Å²) in [6.07, 6.45) is 3.87. The fourth-order valence-corrected chi connectivity index (χ4v) is 3.04. The molecule has 5 heteroatoms. The second-order valence-corrected chi connectivity index (χ2v) is 6.11. The van der Waals surface area contributed by atoms with Gasteiger partial charge in [0.2, 0.25) is 0 Å². The molecule has 0 aliphatic carbocycles. The van der Waals surface area contributed by atoms with Crippen LogP contribution in [0.25, 0.3) is 5.69 Å². The molecule has 0 bridgehead atoms. The third-order valence-corrected chi connectivity index (χ3v) is 4.35. The minimum atomic E-state index is -0.250. The highest BCUT2D eigenvalue weighted by Crippen LogP contribution is 2.21. The zero-order valence-corrected chi connectivity index (χ0v) is 12.8. The molecule has 1 aliphatic rings. The Hall–Kier alpha value is -1.72. The number of aliphatic hydroxyl groups excluding tert-OH is 1. The van der Waals surface area contributed by atoms with Gasteiger partial charge in [-0.25, -0.2) is 9.07 Å². The SMILES string of the molecule is CC(O)C1CCCN(Cc2ccn(-c3ccc(F)cc3)n2)C1. The lowest BCUT2D eigenvalue weighted by atomic mass is 9.93. The van der Waals surface area contributed by atoms with Gasteiger partial charge in [0.1, 0.15) is 5.82 Å². The van der Waals surface area contributed by atoms with Gasteiger partial charge in [0, 0.05) is 19.3 Å². The maximum absolute atomic E-state index is 13.0. The van der Waals surface area contributed by atoms with Gasteiger partial charge in [-0.3, -0.25) is 4.90 Å². The van der Waals surface area contributed by atoms with Crippen LogP contribution in [0.15, 0.2) is 36.5 Å². The molecule has 1 fully saturated rings. The number of aliphatic hydroxyl groups is 1. The van der Waals surface area contributed by atoms with E-state index < -0.39 is 0 Å². The Morgan fingerprint density at radius 1 is 1.32 bits per heavy atom. The molecule has 0 radical (unpaired) electrons. The predicted octanol–water partition coefficient (Wildman–Crippen LogP) is 2.60. The second kappa shape index (κ2) is 6.58. The van der Waals surface area contributed by atoms with E-state index in [1.807, 2.05) is 19.2 Å². The van der Waals surface area contributed by atoms with Crippen molar-refractivity contribution in [2.75, 3.05) is 13.1 Å². The molecule has 1 aromatic carbocycles. The van der Waals surface area contributed by atoms with E-state index >= 15 is 0 Å². The first-order valence-electron chi connectivity index (χ1n) is 7.83. The minimum absolute atomic E-state index is 0.242. The van der Waals surface area contributed by atoms with Crippen LogP contribution in [0.4, 0.5) is 4.39 Å². The van der Waals surface area contributed by atoms with E-state index in [2.05, 4.69) is 10.00 Å². The summed E-state index contributed by atoms with van der Waals surface area (Å²) in [5, 5.41) is 14.3. The van der Waals surface area contributed by atoms with Gasteiger partial charge in [0.05, 0.1) is 17.5 Å². The summed E-state index contributed by atoms with van der Waals surface area (Å²) in [4.78, 5) is 2.35. The van der Waals surface area contributed by atoms with E-state index in [9.17, 15) is 9.50 Å². The lowest BCUT2D eigenvalue weighted by molar-refractivity contribution is 0.0594. The van der Waals surface area contributed by atoms with Gasteiger partial charge in [-0.05, 0) is 62.6 Å². The van der Waals surface area contributed by atoms with Crippen LogP contribution < -0.4 is 0 Å². The van der Waals surface area contributed by atoms with Crippen LogP contribution in [0.3, 0.4) is 0 Å². The fourth-order valence-electron chi connectivity index (χ4n) is 3.04. The summed E-state index contributed by atoms with van der Waals surface area (Å²) in [5.74, 6) is 0.113. The summed E-state index contributed by atoms with van der Waals surface area (Å²) >= 11 is 0. The summed E-state index contributed by atoms with van der Waals surface area (Å²) in [6, 6.07) is 8.31. The highest BCUT2D eigenvalue weighted by atomic mass is 19.1. The molecule has 3 rings (SSSR count). The predicted molar refractivity (Wildman–Crippen MR) is 83.2 cm³/mol. The van der Waals surface area contributed by atoms with Crippen LogP contribution in [-0.2, 0) is 6.54 Å². The number of likely N-dealkylation sites (tertiary alicyclic amines) is 1. The number of rotatable bonds is 4. The Labute approximate surface area is 130 Å². The van der Waals surface area contributed by atoms with Crippen molar-refractivity contribution in [1.82, 2.24) is 14.7 Å². The van der Waals surface area contributed by atoms with Crippen molar-refractivity contribution in [3.63, 3.8) is 0 Å². The van der Waals surface area contributed by atoms with Crippen LogP contribution in [0.1, 0.15) is 25.5 Å². The third kappa shape index (κ3) is 3.54. The monoisotopic (exact) mass is 303 g/mol. The summed E-state index contributed by atoms with van der Waals surface area (Å²) in [6.45, 7) is 4.63. The fraction of sp³-hybridized carbons (Fsp3) is 0.471. The molecule has 118 valence electrons. The van der Waals surface area contributed by atoms with E-state index in [1.165, 1.54) is 12.1 Å². The van der Waals surface area contributed by atoms with Gasteiger partial charge in [-0.15, -0.1) is 0 Å². The zero-order chi connectivity index (χ0) is 15.5. The molecule has 2 atom stereocenters. The van der Waals surface area contributed by atoms with Crippen molar-refractivity contribution in [3.8, 4) is 5.69 Å². The Kier molecular flexibility index (Phi) is 4.55. The van der Waals surface area contributed by atoms with E-state index in [-0.39, 0.29) is 11.9 Å². The quantitative estimate of drug-likeness (QED) is 0.944. The Morgan fingerprint density at radius 3 is 2.82 bits per heavy atom. The molecule has 1 aliphatic heterocycles. The maximum Gasteiger partial charge on any atom is 0.123 e. The average molecular weight is 303 g/mol. The molecule has 1 N–H and O–H groups in total. The van der Waals surface area contributed by atoms with Crippen LogP contribution >= 0.6 is 0 Å². The number of nitrogens with zero attached hydrogens (tertiary/aromatic N) is 3. The van der Waals surface area contributed by atoms with Crippen molar-refractivity contribution in [2.24, 2.45) is 5.92 Å². The first-order chi connectivity index (χ1) is 10.6. The van der Waals surface area contributed by atoms with E-state index in [1.54, 1.807) is 16.8 Å². The maximum atomic E-state index is 13.0. The van der Waals surface area contributed by atoms with Gasteiger partial charge < -0.3 is 5.11 Å². The van der Waals surface area contributed by atoms with Crippen molar-refractivity contribution in [3.05, 3.63) is 48.0 Å². The molecule has 0 saturated carbocycles. The first kappa shape index (κ1) is 15.2. The van der Waals surface area contributed by atoms with Crippen molar-refractivity contribution in [2.45, 2.75) is 32.4 Å². The average Bonchev–Trinajstić information content (AvgIpc) is 2.96. The summed E-state index contributed by atoms with van der Waals surface area (Å²) < 4.78 is 14.7. The molecule has 22 heavy (non-hydrogen) atoms. The lowest BCUT2D eigenvalue weighted by Gasteiger charge is -2.33. The van der Waals surface area contributed by atoms with Gasteiger partial charge in [0.25, 0.3) is 0 Å². The molecule has 2 heterocycles. The largest absolute Gasteiger partial charge is 0.393 e. The lowest BCUT2D eigenvalue weighted by Crippen LogP contribution is -2.39. The number of hydrogen-bond acceptors (Lipinski definition) is 3. The molecule has 2 unspecified atom stereocenters. The molecular weight excluding hydrogens is 281 g/mol. The van der Waals surface area contributed by atoms with Crippen LogP contribution in [0, 0.1) is 11.7 Å². The van der Waals surface area contributed by atoms with E-state index in [4.69, 9.17) is 0 Å². The second-order valence-electron chi connectivity index (χ2n) is 6.11. The van der Waals surface area contributed by atoms with Gasteiger partial charge in [-0.1, -0.05) is 0 Å². The molecule has 1 saturated heterocycles. The van der Waals surface area contributed by atoms with Crippen LogP contribution in [-0.4, -0.2) is 39.0 Å². The van der Waals surface area contributed by atoms with Gasteiger partial charge >= 0.3 is 0 Å². The van der Waals surface area contributed by atoms with Gasteiger partial charge in [-0.2, -0.15) is 5.10 Å². The van der Waals surface area contributed by atoms with Crippen molar-refractivity contribution < 1.29 is 9.50 Å². The molecular formula is C17H22FN3O. The molecule has 0 spiro atoms. The normalized spacial score (nSPS) is 21.0. The highest BCUT2D eigenvalue weighted by Gasteiger charge is 2.23. The number of benzene rings is 1. The number of hydrogen-bond donors (Lipinski definition) is 1. The third-order valence-electron chi connectivity index (χ3n) is 4.35. The van der Waals surface area contributed by atoms with Gasteiger partial charge in [0.15, 0.2) is 0 Å². The Balaban J connectivity index is 1.65. The minimum Gasteiger partial charge on any atom is -0.393 e. The number of piperidine rings is 1. The molecule has 0 amide bonds. The molecule has 1 aromatic heterocycles.